The number of anilines is 1. The third kappa shape index (κ3) is 4.32. The number of fused-ring (bicyclic) bond motifs is 2. The van der Waals surface area contributed by atoms with Gasteiger partial charge in [0.15, 0.2) is 17.1 Å². The molecule has 1 saturated carbocycles. The van der Waals surface area contributed by atoms with E-state index < -0.39 is 23.3 Å². The first-order valence-electron chi connectivity index (χ1n) is 10.9. The van der Waals surface area contributed by atoms with Crippen molar-refractivity contribution in [2.45, 2.75) is 25.7 Å². The van der Waals surface area contributed by atoms with Gasteiger partial charge in [0.05, 0.1) is 6.20 Å². The summed E-state index contributed by atoms with van der Waals surface area (Å²) in [6.07, 6.45) is 8.42. The Kier molecular flexibility index (Phi) is 5.46. The van der Waals surface area contributed by atoms with Gasteiger partial charge in [-0.15, -0.1) is 10.2 Å². The smallest absolute Gasteiger partial charge is 0.309 e. The van der Waals surface area contributed by atoms with Crippen LogP contribution in [0.15, 0.2) is 67.3 Å². The van der Waals surface area contributed by atoms with Gasteiger partial charge in [-0.3, -0.25) is 9.20 Å². The number of allylic oxidation sites excluding steroid dienone is 5. The summed E-state index contributed by atoms with van der Waals surface area (Å²) >= 11 is 0. The molecular formula is C24H20F3N7O. The second-order valence-corrected chi connectivity index (χ2v) is 8.21. The molecule has 4 aromatic rings. The standard InChI is InChI=1S/C24H20F3N7O/c1-3-4-17(25)11-14(2)16-7-9-21-30-31-23(33(21)12-16)24(26,27)18-8-10-20-28-19(13-34(20)32-18)29-22(35)15-5-6-15/h3-4,7-13,15H,2,5-6H2,1H3,(H,29,35). The number of rotatable bonds is 7. The lowest BCUT2D eigenvalue weighted by atomic mass is 10.1. The molecule has 0 saturated heterocycles. The maximum atomic E-state index is 15.6. The van der Waals surface area contributed by atoms with Gasteiger partial charge in [-0.25, -0.2) is 13.9 Å². The van der Waals surface area contributed by atoms with Gasteiger partial charge in [-0.2, -0.15) is 13.9 Å². The van der Waals surface area contributed by atoms with Crippen LogP contribution in [0, 0.1) is 5.92 Å². The van der Waals surface area contributed by atoms with Crippen molar-refractivity contribution in [3.05, 3.63) is 84.4 Å². The van der Waals surface area contributed by atoms with E-state index in [9.17, 15) is 9.18 Å². The highest BCUT2D eigenvalue weighted by Crippen LogP contribution is 2.34. The molecule has 1 aliphatic carbocycles. The summed E-state index contributed by atoms with van der Waals surface area (Å²) in [6, 6.07) is 5.62. The van der Waals surface area contributed by atoms with E-state index in [4.69, 9.17) is 0 Å². The fourth-order valence-corrected chi connectivity index (χ4v) is 3.55. The Morgan fingerprint density at radius 2 is 1.94 bits per heavy atom. The summed E-state index contributed by atoms with van der Waals surface area (Å²) in [6.45, 7) is 5.49. The molecule has 0 spiro atoms. The van der Waals surface area contributed by atoms with Gasteiger partial charge < -0.3 is 5.32 Å². The highest BCUT2D eigenvalue weighted by Gasteiger charge is 2.41. The van der Waals surface area contributed by atoms with Gasteiger partial charge in [0.1, 0.15) is 11.5 Å². The van der Waals surface area contributed by atoms with E-state index in [0.29, 0.717) is 16.8 Å². The van der Waals surface area contributed by atoms with E-state index in [1.165, 1.54) is 47.3 Å². The van der Waals surface area contributed by atoms with Gasteiger partial charge in [0, 0.05) is 12.1 Å². The molecule has 178 valence electrons. The van der Waals surface area contributed by atoms with Crippen molar-refractivity contribution in [3.63, 3.8) is 0 Å². The van der Waals surface area contributed by atoms with Crippen LogP contribution in [0.25, 0.3) is 16.9 Å². The van der Waals surface area contributed by atoms with Crippen LogP contribution in [0.1, 0.15) is 36.8 Å². The molecule has 4 aromatic heterocycles. The molecule has 5 rings (SSSR count). The largest absolute Gasteiger partial charge is 0.350 e. The zero-order chi connectivity index (χ0) is 24.7. The lowest BCUT2D eigenvalue weighted by Crippen LogP contribution is -2.22. The summed E-state index contributed by atoms with van der Waals surface area (Å²) in [7, 11) is 0. The van der Waals surface area contributed by atoms with Crippen molar-refractivity contribution in [1.29, 1.82) is 0 Å². The van der Waals surface area contributed by atoms with Crippen molar-refractivity contribution in [1.82, 2.24) is 29.2 Å². The summed E-state index contributed by atoms with van der Waals surface area (Å²) in [5.41, 5.74) is 0.616. The fourth-order valence-electron chi connectivity index (χ4n) is 3.55. The number of pyridine rings is 1. The molecule has 0 aromatic carbocycles. The lowest BCUT2D eigenvalue weighted by Gasteiger charge is -2.14. The maximum Gasteiger partial charge on any atom is 0.350 e. The number of hydrogen-bond acceptors (Lipinski definition) is 5. The molecule has 4 heterocycles. The third-order valence-corrected chi connectivity index (χ3v) is 5.53. The normalized spacial score (nSPS) is 14.8. The van der Waals surface area contributed by atoms with E-state index in [2.05, 4.69) is 32.2 Å². The van der Waals surface area contributed by atoms with Crippen molar-refractivity contribution >= 4 is 28.6 Å². The van der Waals surface area contributed by atoms with Crippen molar-refractivity contribution < 1.29 is 18.0 Å². The number of aromatic nitrogens is 6. The molecule has 11 heteroatoms. The minimum atomic E-state index is -3.62. The number of hydrogen-bond donors (Lipinski definition) is 1. The second-order valence-electron chi connectivity index (χ2n) is 8.21. The zero-order valence-electron chi connectivity index (χ0n) is 18.6. The second kappa shape index (κ2) is 8.49. The zero-order valence-corrected chi connectivity index (χ0v) is 18.6. The molecule has 0 atom stereocenters. The highest BCUT2D eigenvalue weighted by atomic mass is 19.3. The Balaban J connectivity index is 1.49. The molecule has 0 radical (unpaired) electrons. The lowest BCUT2D eigenvalue weighted by molar-refractivity contribution is -0.117. The van der Waals surface area contributed by atoms with Gasteiger partial charge >= 0.3 is 5.92 Å². The number of carbonyl (C=O) groups is 1. The van der Waals surface area contributed by atoms with Crippen LogP contribution >= 0.6 is 0 Å². The molecule has 1 aliphatic rings. The van der Waals surface area contributed by atoms with Crippen molar-refractivity contribution in [3.8, 4) is 0 Å². The molecule has 8 nitrogen and oxygen atoms in total. The highest BCUT2D eigenvalue weighted by molar-refractivity contribution is 5.93. The van der Waals surface area contributed by atoms with Crippen LogP contribution in [-0.2, 0) is 10.7 Å². The number of nitrogens with one attached hydrogen (secondary N) is 1. The summed E-state index contributed by atoms with van der Waals surface area (Å²) in [4.78, 5) is 16.2. The number of imidazole rings is 1. The molecule has 1 amide bonds. The van der Waals surface area contributed by atoms with Crippen LogP contribution < -0.4 is 5.32 Å². The topological polar surface area (TPSA) is 89.5 Å². The van der Waals surface area contributed by atoms with Crippen LogP contribution in [0.3, 0.4) is 0 Å². The first-order valence-corrected chi connectivity index (χ1v) is 10.9. The van der Waals surface area contributed by atoms with Gasteiger partial charge in [0.25, 0.3) is 0 Å². The minimum absolute atomic E-state index is 0.0232. The average Bonchev–Trinajstić information content (AvgIpc) is 3.46. The molecular weight excluding hydrogens is 459 g/mol. The van der Waals surface area contributed by atoms with Crippen molar-refractivity contribution in [2.75, 3.05) is 5.32 Å². The van der Waals surface area contributed by atoms with Crippen LogP contribution in [0.4, 0.5) is 19.0 Å². The minimum Gasteiger partial charge on any atom is -0.309 e. The van der Waals surface area contributed by atoms with Crippen LogP contribution in [0.2, 0.25) is 0 Å². The Labute approximate surface area is 197 Å². The maximum absolute atomic E-state index is 15.6. The first-order chi connectivity index (χ1) is 16.8. The Morgan fingerprint density at radius 1 is 1.17 bits per heavy atom. The monoisotopic (exact) mass is 479 g/mol. The molecule has 0 unspecified atom stereocenters. The van der Waals surface area contributed by atoms with E-state index in [1.54, 1.807) is 13.0 Å². The van der Waals surface area contributed by atoms with E-state index >= 15 is 8.78 Å². The number of amides is 1. The quantitative estimate of drug-likeness (QED) is 0.388. The predicted molar refractivity (Wildman–Crippen MR) is 123 cm³/mol. The third-order valence-electron chi connectivity index (χ3n) is 5.53. The van der Waals surface area contributed by atoms with Gasteiger partial charge in [-0.1, -0.05) is 12.7 Å². The Morgan fingerprint density at radius 3 is 2.69 bits per heavy atom. The fraction of sp³-hybridized carbons (Fsp3) is 0.208. The van der Waals surface area contributed by atoms with E-state index in [-0.39, 0.29) is 23.3 Å². The summed E-state index contributed by atoms with van der Waals surface area (Å²) in [5, 5.41) is 14.2. The van der Waals surface area contributed by atoms with Gasteiger partial charge in [0.2, 0.25) is 11.7 Å². The molecule has 0 aliphatic heterocycles. The van der Waals surface area contributed by atoms with Crippen molar-refractivity contribution in [2.24, 2.45) is 5.92 Å². The molecule has 35 heavy (non-hydrogen) atoms. The number of alkyl halides is 2. The van der Waals surface area contributed by atoms with Gasteiger partial charge in [-0.05, 0) is 67.3 Å². The van der Waals surface area contributed by atoms with E-state index in [1.807, 2.05) is 0 Å². The van der Waals surface area contributed by atoms with Crippen LogP contribution in [0.5, 0.6) is 0 Å². The number of nitrogens with zero attached hydrogens (tertiary/aromatic N) is 6. The molecule has 1 fully saturated rings. The SMILES string of the molecule is C=C(C=C(F)C=CC)c1ccc2nnc(C(F)(F)c3ccc4nc(NC(=O)C5CC5)cn4n3)n2c1. The average molecular weight is 479 g/mol. The molecule has 0 bridgehead atoms. The number of carbonyl (C=O) groups excluding carboxylic acids is 1. The predicted octanol–water partition coefficient (Wildman–Crippen LogP) is 4.70. The van der Waals surface area contributed by atoms with Crippen LogP contribution in [-0.4, -0.2) is 35.1 Å². The Hall–Kier alpha value is -4.28. The first kappa shape index (κ1) is 22.5. The molecule has 1 N–H and O–H groups in total. The summed E-state index contributed by atoms with van der Waals surface area (Å²) in [5.74, 6) is -4.73. The summed E-state index contributed by atoms with van der Waals surface area (Å²) < 4.78 is 47.3. The Bertz CT molecular complexity index is 1530. The number of halogens is 3. The van der Waals surface area contributed by atoms with E-state index in [0.717, 1.165) is 23.3 Å².